The second-order valence-corrected chi connectivity index (χ2v) is 10.5. The summed E-state index contributed by atoms with van der Waals surface area (Å²) in [6.45, 7) is 4.34. The minimum absolute atomic E-state index is 0. The molecule has 0 saturated carbocycles. The molecule has 1 fully saturated rings. The van der Waals surface area contributed by atoms with Crippen molar-refractivity contribution >= 4 is 79.2 Å². The van der Waals surface area contributed by atoms with Gasteiger partial charge in [-0.1, -0.05) is 11.6 Å². The molecule has 12 heteroatoms. The summed E-state index contributed by atoms with van der Waals surface area (Å²) < 4.78 is 27.6. The maximum Gasteiger partial charge on any atom is 0.250 e. The van der Waals surface area contributed by atoms with Gasteiger partial charge in [-0.3, -0.25) is 4.99 Å². The van der Waals surface area contributed by atoms with E-state index in [-0.39, 0.29) is 34.7 Å². The third-order valence-corrected chi connectivity index (χ3v) is 8.24. The van der Waals surface area contributed by atoms with Crippen LogP contribution in [0.5, 0.6) is 0 Å². The first-order valence-corrected chi connectivity index (χ1v) is 12.0. The third-order valence-electron chi connectivity index (χ3n) is 4.12. The van der Waals surface area contributed by atoms with E-state index in [0.29, 0.717) is 10.9 Å². The largest absolute Gasteiger partial charge is 0.360 e. The molecule has 2 aromatic heterocycles. The molecule has 2 N–H and O–H groups in total. The number of rotatable bonds is 6. The molecule has 0 unspecified atom stereocenters. The van der Waals surface area contributed by atoms with Gasteiger partial charge in [-0.2, -0.15) is 0 Å². The maximum absolute atomic E-state index is 12.2. The van der Waals surface area contributed by atoms with Crippen molar-refractivity contribution in [3.05, 3.63) is 34.0 Å². The quantitative estimate of drug-likeness (QED) is 0.240. The van der Waals surface area contributed by atoms with Gasteiger partial charge in [0.2, 0.25) is 10.0 Å². The predicted molar refractivity (Wildman–Crippen MR) is 129 cm³/mol. The van der Waals surface area contributed by atoms with E-state index >= 15 is 0 Å². The zero-order valence-electron chi connectivity index (χ0n) is 15.3. The zero-order chi connectivity index (χ0) is 19.3. The Balaban J connectivity index is 0.00000280. The van der Waals surface area contributed by atoms with Crippen molar-refractivity contribution in [3.63, 3.8) is 0 Å². The summed E-state index contributed by atoms with van der Waals surface area (Å²) in [5, 5.41) is 6.61. The van der Waals surface area contributed by atoms with Crippen LogP contribution in [0.15, 0.2) is 38.8 Å². The molecule has 0 aromatic carbocycles. The SMILES string of the molecule is CN=C(NCCNS(=O)(=O)c1ccc(Cl)s1)N1CCN(c2cccs2)CC1.I. The molecular formula is C16H23ClIN5O2S3. The Morgan fingerprint density at radius 2 is 1.96 bits per heavy atom. The standard InChI is InChI=1S/C16H22ClN5O2S3.HI/c1-18-16(22-10-8-21(9-11-22)14-3-2-12-25-14)19-6-7-20-27(23,24)15-5-4-13(17)26-15;/h2-5,12,20H,6-11H2,1H3,(H,18,19);1H. The molecule has 0 amide bonds. The van der Waals surface area contributed by atoms with Crippen molar-refractivity contribution in [1.82, 2.24) is 14.9 Å². The number of guanidine groups is 1. The van der Waals surface area contributed by atoms with Crippen LogP contribution in [0.1, 0.15) is 0 Å². The van der Waals surface area contributed by atoms with Gasteiger partial charge in [-0.25, -0.2) is 13.1 Å². The molecule has 28 heavy (non-hydrogen) atoms. The van der Waals surface area contributed by atoms with Crippen molar-refractivity contribution < 1.29 is 8.42 Å². The molecule has 156 valence electrons. The maximum atomic E-state index is 12.2. The van der Waals surface area contributed by atoms with Gasteiger partial charge < -0.3 is 15.1 Å². The van der Waals surface area contributed by atoms with E-state index < -0.39 is 10.0 Å². The fourth-order valence-corrected chi connectivity index (χ4v) is 6.14. The van der Waals surface area contributed by atoms with Crippen LogP contribution >= 0.6 is 58.3 Å². The number of piperazine rings is 1. The van der Waals surface area contributed by atoms with Gasteiger partial charge in [0.1, 0.15) is 4.21 Å². The number of sulfonamides is 1. The minimum atomic E-state index is -3.52. The highest BCUT2D eigenvalue weighted by Crippen LogP contribution is 2.25. The van der Waals surface area contributed by atoms with Gasteiger partial charge in [-0.15, -0.1) is 46.7 Å². The molecule has 3 heterocycles. The molecule has 3 rings (SSSR count). The summed E-state index contributed by atoms with van der Waals surface area (Å²) >= 11 is 8.60. The van der Waals surface area contributed by atoms with E-state index in [4.69, 9.17) is 11.6 Å². The number of aliphatic imine (C=N–C) groups is 1. The Labute approximate surface area is 195 Å². The van der Waals surface area contributed by atoms with Crippen LogP contribution < -0.4 is 14.9 Å². The van der Waals surface area contributed by atoms with E-state index in [1.54, 1.807) is 24.5 Å². The van der Waals surface area contributed by atoms with Crippen LogP contribution in [-0.4, -0.2) is 65.6 Å². The number of nitrogens with zero attached hydrogens (tertiary/aromatic N) is 3. The molecule has 0 atom stereocenters. The smallest absolute Gasteiger partial charge is 0.250 e. The Morgan fingerprint density at radius 1 is 1.21 bits per heavy atom. The average Bonchev–Trinajstić information content (AvgIpc) is 3.34. The molecular weight excluding hydrogens is 553 g/mol. The monoisotopic (exact) mass is 575 g/mol. The van der Waals surface area contributed by atoms with Gasteiger partial charge in [-0.05, 0) is 29.6 Å². The first-order chi connectivity index (χ1) is 13.0. The van der Waals surface area contributed by atoms with Crippen molar-refractivity contribution in [2.75, 3.05) is 51.2 Å². The lowest BCUT2D eigenvalue weighted by Crippen LogP contribution is -2.53. The molecule has 1 aliphatic rings. The van der Waals surface area contributed by atoms with Gasteiger partial charge in [0.15, 0.2) is 5.96 Å². The number of thiophene rings is 2. The highest BCUT2D eigenvalue weighted by molar-refractivity contribution is 14.0. The fraction of sp³-hybridized carbons (Fsp3) is 0.438. The van der Waals surface area contributed by atoms with Crippen LogP contribution in [0.2, 0.25) is 4.34 Å². The number of nitrogens with one attached hydrogen (secondary N) is 2. The van der Waals surface area contributed by atoms with E-state index in [1.165, 1.54) is 11.1 Å². The molecule has 0 radical (unpaired) electrons. The Morgan fingerprint density at radius 3 is 2.54 bits per heavy atom. The van der Waals surface area contributed by atoms with Crippen LogP contribution in [0.4, 0.5) is 5.00 Å². The lowest BCUT2D eigenvalue weighted by Gasteiger charge is -2.37. The van der Waals surface area contributed by atoms with Crippen LogP contribution in [0.3, 0.4) is 0 Å². The van der Waals surface area contributed by atoms with Crippen molar-refractivity contribution in [2.45, 2.75) is 4.21 Å². The van der Waals surface area contributed by atoms with Gasteiger partial charge >= 0.3 is 0 Å². The summed E-state index contributed by atoms with van der Waals surface area (Å²) in [6, 6.07) is 7.30. The van der Waals surface area contributed by atoms with E-state index in [0.717, 1.165) is 43.5 Å². The summed E-state index contributed by atoms with van der Waals surface area (Å²) in [7, 11) is -1.77. The summed E-state index contributed by atoms with van der Waals surface area (Å²) in [6.07, 6.45) is 0. The summed E-state index contributed by atoms with van der Waals surface area (Å²) in [4.78, 5) is 8.88. The highest BCUT2D eigenvalue weighted by atomic mass is 127. The van der Waals surface area contributed by atoms with Crippen LogP contribution in [0.25, 0.3) is 0 Å². The van der Waals surface area contributed by atoms with Gasteiger partial charge in [0, 0.05) is 46.3 Å². The van der Waals surface area contributed by atoms with Crippen molar-refractivity contribution in [3.8, 4) is 0 Å². The summed E-state index contributed by atoms with van der Waals surface area (Å²) in [5.74, 6) is 0.791. The van der Waals surface area contributed by atoms with E-state index in [2.05, 4.69) is 42.3 Å². The second-order valence-electron chi connectivity index (χ2n) is 5.86. The summed E-state index contributed by atoms with van der Waals surface area (Å²) in [5.41, 5.74) is 0. The van der Waals surface area contributed by atoms with Crippen molar-refractivity contribution in [2.24, 2.45) is 4.99 Å². The molecule has 1 saturated heterocycles. The third kappa shape index (κ3) is 6.20. The molecule has 7 nitrogen and oxygen atoms in total. The lowest BCUT2D eigenvalue weighted by molar-refractivity contribution is 0.374. The zero-order valence-corrected chi connectivity index (χ0v) is 20.8. The molecule has 1 aliphatic heterocycles. The number of hydrogen-bond acceptors (Lipinski definition) is 6. The van der Waals surface area contributed by atoms with Gasteiger partial charge in [0.25, 0.3) is 0 Å². The molecule has 0 bridgehead atoms. The number of halogens is 2. The average molecular weight is 576 g/mol. The van der Waals surface area contributed by atoms with E-state index in [9.17, 15) is 8.42 Å². The van der Waals surface area contributed by atoms with Crippen LogP contribution in [0, 0.1) is 0 Å². The Bertz CT molecular complexity index is 865. The Kier molecular flexibility index (Phi) is 9.28. The minimum Gasteiger partial charge on any atom is -0.360 e. The fourth-order valence-electron chi connectivity index (χ4n) is 2.79. The normalized spacial score (nSPS) is 15.4. The van der Waals surface area contributed by atoms with Crippen molar-refractivity contribution in [1.29, 1.82) is 0 Å². The Hall–Kier alpha value is -0.600. The van der Waals surface area contributed by atoms with Crippen LogP contribution in [-0.2, 0) is 10.0 Å². The molecule has 0 aliphatic carbocycles. The topological polar surface area (TPSA) is 77.0 Å². The van der Waals surface area contributed by atoms with Gasteiger partial charge in [0.05, 0.1) is 9.34 Å². The first-order valence-electron chi connectivity index (χ1n) is 8.48. The number of anilines is 1. The second kappa shape index (κ2) is 11.0. The lowest BCUT2D eigenvalue weighted by atomic mass is 10.3. The highest BCUT2D eigenvalue weighted by Gasteiger charge is 2.20. The number of hydrogen-bond donors (Lipinski definition) is 2. The first kappa shape index (κ1) is 23.7. The predicted octanol–water partition coefficient (Wildman–Crippen LogP) is 2.76. The molecule has 0 spiro atoms. The molecule has 2 aromatic rings. The van der Waals surface area contributed by atoms with E-state index in [1.807, 2.05) is 0 Å².